The van der Waals surface area contributed by atoms with Gasteiger partial charge in [-0.15, -0.1) is 0 Å². The molecular weight excluding hydrogens is 498 g/mol. The van der Waals surface area contributed by atoms with Crippen molar-refractivity contribution in [3.05, 3.63) is 46.5 Å². The van der Waals surface area contributed by atoms with Crippen molar-refractivity contribution < 1.29 is 23.8 Å². The van der Waals surface area contributed by atoms with E-state index in [1.165, 1.54) is 24.5 Å². The quantitative estimate of drug-likeness (QED) is 0.387. The van der Waals surface area contributed by atoms with Crippen LogP contribution in [-0.2, 0) is 4.74 Å². The zero-order chi connectivity index (χ0) is 25.3. The standard InChI is InChI=1S/C24H25Cl2FN4O4/c1-24(2,3)35-23(33)31-8-6-13(7-9-31)34-19-10-14-17(11-18(19)32)28-12-29-22(14)30-16-5-4-15(25)20(26)21(16)27/h4-5,10-13,32H,6-9H2,1-3H3,(H,28,29,30). The minimum Gasteiger partial charge on any atom is -0.504 e. The molecular formula is C24H25Cl2FN4O4. The van der Waals surface area contributed by atoms with E-state index in [1.807, 2.05) is 20.8 Å². The molecule has 4 rings (SSSR count). The SMILES string of the molecule is CC(C)(C)OC(=O)N1CCC(Oc2cc3c(Nc4ccc(Cl)c(Cl)c4F)ncnc3cc2O)CC1. The van der Waals surface area contributed by atoms with E-state index < -0.39 is 11.4 Å². The Morgan fingerprint density at radius 1 is 1.20 bits per heavy atom. The average molecular weight is 523 g/mol. The summed E-state index contributed by atoms with van der Waals surface area (Å²) in [6, 6.07) is 5.98. The van der Waals surface area contributed by atoms with Gasteiger partial charge in [0.1, 0.15) is 23.9 Å². The predicted molar refractivity (Wildman–Crippen MR) is 132 cm³/mol. The molecule has 1 aromatic heterocycles. The number of rotatable bonds is 4. The molecule has 2 heterocycles. The Labute approximate surface area is 212 Å². The van der Waals surface area contributed by atoms with Gasteiger partial charge >= 0.3 is 6.09 Å². The number of aromatic nitrogens is 2. The molecule has 2 aromatic carbocycles. The second-order valence-corrected chi connectivity index (χ2v) is 9.98. The van der Waals surface area contributed by atoms with E-state index in [-0.39, 0.29) is 39.4 Å². The summed E-state index contributed by atoms with van der Waals surface area (Å²) in [7, 11) is 0. The Morgan fingerprint density at radius 2 is 1.91 bits per heavy atom. The first-order valence-corrected chi connectivity index (χ1v) is 11.8. The van der Waals surface area contributed by atoms with Gasteiger partial charge in [0.15, 0.2) is 17.3 Å². The number of amides is 1. The fourth-order valence-electron chi connectivity index (χ4n) is 3.68. The number of ether oxygens (including phenoxy) is 2. The van der Waals surface area contributed by atoms with Crippen molar-refractivity contribution in [1.82, 2.24) is 14.9 Å². The summed E-state index contributed by atoms with van der Waals surface area (Å²) in [5.41, 5.74) is -0.0351. The summed E-state index contributed by atoms with van der Waals surface area (Å²) in [4.78, 5) is 22.3. The van der Waals surface area contributed by atoms with Crippen LogP contribution in [0.1, 0.15) is 33.6 Å². The summed E-state index contributed by atoms with van der Waals surface area (Å²) in [5, 5.41) is 13.8. The highest BCUT2D eigenvalue weighted by Crippen LogP contribution is 2.37. The number of halogens is 3. The van der Waals surface area contributed by atoms with Crippen LogP contribution in [0.25, 0.3) is 10.9 Å². The number of phenols is 1. The van der Waals surface area contributed by atoms with Crippen molar-refractivity contribution in [2.75, 3.05) is 18.4 Å². The lowest BCUT2D eigenvalue weighted by Crippen LogP contribution is -2.44. The lowest BCUT2D eigenvalue weighted by molar-refractivity contribution is 0.0124. The number of likely N-dealkylation sites (tertiary alicyclic amines) is 1. The molecule has 1 saturated heterocycles. The van der Waals surface area contributed by atoms with Crippen LogP contribution in [0.3, 0.4) is 0 Å². The maximum Gasteiger partial charge on any atom is 0.410 e. The van der Waals surface area contributed by atoms with Crippen molar-refractivity contribution in [3.63, 3.8) is 0 Å². The first-order valence-electron chi connectivity index (χ1n) is 11.0. The van der Waals surface area contributed by atoms with Crippen molar-refractivity contribution in [2.24, 2.45) is 0 Å². The average Bonchev–Trinajstić information content (AvgIpc) is 2.79. The lowest BCUT2D eigenvalue weighted by atomic mass is 10.1. The molecule has 0 atom stereocenters. The monoisotopic (exact) mass is 522 g/mol. The molecule has 1 aliphatic rings. The number of piperidine rings is 1. The summed E-state index contributed by atoms with van der Waals surface area (Å²) in [6.07, 6.45) is 1.87. The molecule has 0 saturated carbocycles. The third-order valence-corrected chi connectivity index (χ3v) is 6.17. The highest BCUT2D eigenvalue weighted by atomic mass is 35.5. The molecule has 0 radical (unpaired) electrons. The molecule has 35 heavy (non-hydrogen) atoms. The van der Waals surface area contributed by atoms with Crippen molar-refractivity contribution in [1.29, 1.82) is 0 Å². The normalized spacial score (nSPS) is 14.7. The van der Waals surface area contributed by atoms with E-state index in [0.29, 0.717) is 42.7 Å². The summed E-state index contributed by atoms with van der Waals surface area (Å²) in [6.45, 7) is 6.42. The lowest BCUT2D eigenvalue weighted by Gasteiger charge is -2.33. The van der Waals surface area contributed by atoms with E-state index >= 15 is 0 Å². The number of nitrogens with one attached hydrogen (secondary N) is 1. The van der Waals surface area contributed by atoms with Gasteiger partial charge in [-0.2, -0.15) is 0 Å². The fourth-order valence-corrected chi connectivity index (χ4v) is 3.99. The molecule has 1 amide bonds. The number of carbonyl (C=O) groups is 1. The van der Waals surface area contributed by atoms with Crippen molar-refractivity contribution >= 4 is 51.7 Å². The van der Waals surface area contributed by atoms with Gasteiger partial charge in [0.25, 0.3) is 0 Å². The third kappa shape index (κ3) is 5.79. The number of hydrogen-bond donors (Lipinski definition) is 2. The highest BCUT2D eigenvalue weighted by Gasteiger charge is 2.28. The number of benzene rings is 2. The second kappa shape index (κ2) is 9.91. The van der Waals surface area contributed by atoms with Gasteiger partial charge in [-0.1, -0.05) is 23.2 Å². The molecule has 0 spiro atoms. The van der Waals surface area contributed by atoms with Crippen molar-refractivity contribution in [2.45, 2.75) is 45.3 Å². The second-order valence-electron chi connectivity index (χ2n) is 9.19. The number of aromatic hydroxyl groups is 1. The van der Waals surface area contributed by atoms with Crippen LogP contribution in [0.2, 0.25) is 10.0 Å². The molecule has 0 aliphatic carbocycles. The van der Waals surface area contributed by atoms with Gasteiger partial charge in [0, 0.05) is 37.4 Å². The van der Waals surface area contributed by atoms with Crippen LogP contribution in [0, 0.1) is 5.82 Å². The third-order valence-electron chi connectivity index (χ3n) is 5.39. The van der Waals surface area contributed by atoms with E-state index in [4.69, 9.17) is 32.7 Å². The predicted octanol–water partition coefficient (Wildman–Crippen LogP) is 6.30. The molecule has 8 nitrogen and oxygen atoms in total. The van der Waals surface area contributed by atoms with Crippen molar-refractivity contribution in [3.8, 4) is 11.5 Å². The zero-order valence-electron chi connectivity index (χ0n) is 19.4. The first-order chi connectivity index (χ1) is 16.5. The molecule has 0 bridgehead atoms. The minimum atomic E-state index is -0.710. The smallest absolute Gasteiger partial charge is 0.410 e. The molecule has 1 aliphatic heterocycles. The Hall–Kier alpha value is -3.04. The van der Waals surface area contributed by atoms with Crippen LogP contribution in [-0.4, -0.2) is 50.9 Å². The fraction of sp³-hybridized carbons (Fsp3) is 0.375. The molecule has 1 fully saturated rings. The zero-order valence-corrected chi connectivity index (χ0v) is 21.0. The van der Waals surface area contributed by atoms with Crippen LogP contribution >= 0.6 is 23.2 Å². The molecule has 0 unspecified atom stereocenters. The van der Waals surface area contributed by atoms with E-state index in [9.17, 15) is 14.3 Å². The van der Waals surface area contributed by atoms with Crippen LogP contribution in [0.5, 0.6) is 11.5 Å². The van der Waals surface area contributed by atoms with E-state index in [1.54, 1.807) is 11.0 Å². The topological polar surface area (TPSA) is 96.8 Å². The summed E-state index contributed by atoms with van der Waals surface area (Å²) in [5.74, 6) is -0.257. The largest absolute Gasteiger partial charge is 0.504 e. The van der Waals surface area contributed by atoms with Gasteiger partial charge in [0.2, 0.25) is 0 Å². The van der Waals surface area contributed by atoms with Gasteiger partial charge in [-0.3, -0.25) is 0 Å². The van der Waals surface area contributed by atoms with Crippen LogP contribution in [0.15, 0.2) is 30.6 Å². The maximum atomic E-state index is 14.6. The van der Waals surface area contributed by atoms with Gasteiger partial charge in [0.05, 0.1) is 21.2 Å². The van der Waals surface area contributed by atoms with E-state index in [0.717, 1.165) is 0 Å². The number of anilines is 2. The Bertz CT molecular complexity index is 1260. The first kappa shape index (κ1) is 25.1. The van der Waals surface area contributed by atoms with E-state index in [2.05, 4.69) is 15.3 Å². The Balaban J connectivity index is 1.51. The number of carbonyl (C=O) groups excluding carboxylic acids is 1. The van der Waals surface area contributed by atoms with Gasteiger partial charge in [-0.25, -0.2) is 19.2 Å². The maximum absolute atomic E-state index is 14.6. The van der Waals surface area contributed by atoms with Gasteiger partial charge in [-0.05, 0) is 39.0 Å². The van der Waals surface area contributed by atoms with Gasteiger partial charge < -0.3 is 24.8 Å². The molecule has 11 heteroatoms. The Kier molecular flexibility index (Phi) is 7.10. The number of hydrogen-bond acceptors (Lipinski definition) is 7. The Morgan fingerprint density at radius 3 is 2.60 bits per heavy atom. The summed E-state index contributed by atoms with van der Waals surface area (Å²) >= 11 is 11.8. The number of phenolic OH excluding ortho intramolecular Hbond substituents is 1. The molecule has 186 valence electrons. The number of fused-ring (bicyclic) bond motifs is 1. The summed E-state index contributed by atoms with van der Waals surface area (Å²) < 4.78 is 26.0. The molecule has 2 N–H and O–H groups in total. The highest BCUT2D eigenvalue weighted by molar-refractivity contribution is 6.42. The van der Waals surface area contributed by atoms with Crippen LogP contribution < -0.4 is 10.1 Å². The number of nitrogens with zero attached hydrogens (tertiary/aromatic N) is 3. The molecule has 3 aromatic rings. The minimum absolute atomic E-state index is 0.0857. The van der Waals surface area contributed by atoms with Crippen LogP contribution in [0.4, 0.5) is 20.7 Å².